The van der Waals surface area contributed by atoms with Crippen molar-refractivity contribution in [1.29, 1.82) is 0 Å². The quantitative estimate of drug-likeness (QED) is 0.274. The van der Waals surface area contributed by atoms with Gasteiger partial charge in [-0.05, 0) is 13.3 Å². The lowest BCUT2D eigenvalue weighted by molar-refractivity contribution is -0.142. The predicted octanol–water partition coefficient (Wildman–Crippen LogP) is -1.53. The minimum absolute atomic E-state index is 0.233. The second-order valence-corrected chi connectivity index (χ2v) is 4.91. The number of carbonyl (C=O) groups is 2. The third-order valence-corrected chi connectivity index (χ3v) is 3.57. The molecule has 1 rings (SSSR count). The molecule has 0 aromatic carbocycles. The molecule has 0 bridgehead atoms. The zero-order chi connectivity index (χ0) is 13.2. The van der Waals surface area contributed by atoms with Gasteiger partial charge in [0.1, 0.15) is 6.04 Å². The predicted molar refractivity (Wildman–Crippen MR) is 59.1 cm³/mol. The Labute approximate surface area is 99.5 Å². The number of piperidine rings is 1. The SMILES string of the molecule is CC(NC1CCN(N)C(=O)[C@@]1(N)P=O)C(=O)O. The Morgan fingerprint density at radius 2 is 2.35 bits per heavy atom. The largest absolute Gasteiger partial charge is 0.480 e. The van der Waals surface area contributed by atoms with Crippen molar-refractivity contribution >= 4 is 20.3 Å². The fraction of sp³-hybridized carbons (Fsp3) is 0.750. The molecule has 9 heteroatoms. The van der Waals surface area contributed by atoms with E-state index in [-0.39, 0.29) is 6.54 Å². The molecule has 1 aliphatic heterocycles. The van der Waals surface area contributed by atoms with Crippen LogP contribution in [-0.4, -0.2) is 45.9 Å². The minimum Gasteiger partial charge on any atom is -0.480 e. The normalized spacial score (nSPS) is 31.6. The first-order valence-electron chi connectivity index (χ1n) is 5.02. The molecule has 1 heterocycles. The maximum Gasteiger partial charge on any atom is 0.320 e. The molecule has 0 saturated carbocycles. The van der Waals surface area contributed by atoms with Crippen molar-refractivity contribution in [3.05, 3.63) is 0 Å². The van der Waals surface area contributed by atoms with Gasteiger partial charge in [-0.25, -0.2) is 5.84 Å². The van der Waals surface area contributed by atoms with E-state index in [4.69, 9.17) is 16.7 Å². The lowest BCUT2D eigenvalue weighted by atomic mass is 9.98. The van der Waals surface area contributed by atoms with Gasteiger partial charge in [0.15, 0.2) is 13.7 Å². The van der Waals surface area contributed by atoms with Gasteiger partial charge in [-0.1, -0.05) is 0 Å². The van der Waals surface area contributed by atoms with Gasteiger partial charge in [-0.2, -0.15) is 0 Å². The average molecular weight is 262 g/mol. The molecule has 0 aromatic rings. The Morgan fingerprint density at radius 3 is 2.82 bits per heavy atom. The van der Waals surface area contributed by atoms with Crippen LogP contribution in [0.5, 0.6) is 0 Å². The fourth-order valence-electron chi connectivity index (χ4n) is 1.65. The van der Waals surface area contributed by atoms with Gasteiger partial charge < -0.3 is 10.8 Å². The number of hydrazine groups is 1. The first kappa shape index (κ1) is 14.0. The van der Waals surface area contributed by atoms with E-state index in [1.807, 2.05) is 0 Å². The summed E-state index contributed by atoms with van der Waals surface area (Å²) in [6.45, 7) is 1.65. The first-order chi connectivity index (χ1) is 7.82. The molecular weight excluding hydrogens is 247 g/mol. The summed E-state index contributed by atoms with van der Waals surface area (Å²) >= 11 is 0. The van der Waals surface area contributed by atoms with Crippen LogP contribution < -0.4 is 16.9 Å². The molecule has 1 amide bonds. The highest BCUT2D eigenvalue weighted by Crippen LogP contribution is 2.29. The highest BCUT2D eigenvalue weighted by atomic mass is 31.1. The van der Waals surface area contributed by atoms with Crippen LogP contribution in [0.4, 0.5) is 0 Å². The van der Waals surface area contributed by atoms with Crippen LogP contribution in [0, 0.1) is 0 Å². The van der Waals surface area contributed by atoms with Gasteiger partial charge in [0.2, 0.25) is 0 Å². The highest BCUT2D eigenvalue weighted by Gasteiger charge is 2.49. The molecule has 6 N–H and O–H groups in total. The van der Waals surface area contributed by atoms with Gasteiger partial charge >= 0.3 is 5.97 Å². The topological polar surface area (TPSA) is 139 Å². The monoisotopic (exact) mass is 262 g/mol. The maximum absolute atomic E-state index is 11.7. The van der Waals surface area contributed by atoms with Crippen LogP contribution in [0.25, 0.3) is 0 Å². The number of aliphatic carboxylic acids is 1. The standard InChI is InChI=1S/C8H15N4O4P/c1-4(6(13)14)11-5-2-3-12(10)7(15)8(5,9)17-16/h4-5,11H,2-3,9-10H2,1H3,(H,13,14)/t4?,5?,8-/m0/s1. The van der Waals surface area contributed by atoms with Crippen LogP contribution in [0.1, 0.15) is 13.3 Å². The molecule has 0 aliphatic carbocycles. The van der Waals surface area contributed by atoms with E-state index in [2.05, 4.69) is 5.32 Å². The van der Waals surface area contributed by atoms with E-state index in [0.717, 1.165) is 5.01 Å². The highest BCUT2D eigenvalue weighted by molar-refractivity contribution is 7.27. The number of hydrogen-bond acceptors (Lipinski definition) is 6. The third kappa shape index (κ3) is 2.61. The maximum atomic E-state index is 11.7. The Hall–Kier alpha value is -1.08. The zero-order valence-corrected chi connectivity index (χ0v) is 10.2. The number of nitrogens with one attached hydrogen (secondary N) is 1. The molecular formula is C8H15N4O4P. The van der Waals surface area contributed by atoms with Crippen LogP contribution in [0.3, 0.4) is 0 Å². The molecule has 96 valence electrons. The molecule has 2 unspecified atom stereocenters. The summed E-state index contributed by atoms with van der Waals surface area (Å²) in [7, 11) is -0.588. The summed E-state index contributed by atoms with van der Waals surface area (Å²) in [6.07, 6.45) is 0.339. The van der Waals surface area contributed by atoms with Crippen molar-refractivity contribution in [2.24, 2.45) is 11.6 Å². The average Bonchev–Trinajstić information content (AvgIpc) is 2.29. The van der Waals surface area contributed by atoms with E-state index < -0.39 is 37.7 Å². The van der Waals surface area contributed by atoms with E-state index in [1.165, 1.54) is 6.92 Å². The van der Waals surface area contributed by atoms with E-state index >= 15 is 0 Å². The summed E-state index contributed by atoms with van der Waals surface area (Å²) in [6, 6.07) is -1.58. The molecule has 1 fully saturated rings. The first-order valence-corrected chi connectivity index (χ1v) is 5.83. The number of carboxylic acid groups (broad SMARTS) is 1. The Morgan fingerprint density at radius 1 is 1.76 bits per heavy atom. The number of carbonyl (C=O) groups excluding carboxylic acids is 1. The van der Waals surface area contributed by atoms with Gasteiger partial charge in [0.05, 0.1) is 0 Å². The van der Waals surface area contributed by atoms with Crippen LogP contribution in [0.2, 0.25) is 0 Å². The molecule has 8 nitrogen and oxygen atoms in total. The zero-order valence-electron chi connectivity index (χ0n) is 9.29. The fourth-order valence-corrected chi connectivity index (χ4v) is 2.19. The van der Waals surface area contributed by atoms with Crippen molar-refractivity contribution in [3.63, 3.8) is 0 Å². The number of amides is 1. The summed E-state index contributed by atoms with van der Waals surface area (Å²) in [4.78, 5) is 22.4. The summed E-state index contributed by atoms with van der Waals surface area (Å²) in [5, 5.41) is 10.6. The lowest BCUT2D eigenvalue weighted by Gasteiger charge is -2.39. The molecule has 0 aromatic heterocycles. The lowest BCUT2D eigenvalue weighted by Crippen LogP contribution is -2.69. The number of nitrogens with zero attached hydrogens (tertiary/aromatic N) is 1. The van der Waals surface area contributed by atoms with Gasteiger partial charge in [-0.3, -0.25) is 24.5 Å². The van der Waals surface area contributed by atoms with Crippen molar-refractivity contribution in [2.45, 2.75) is 30.7 Å². The molecule has 0 radical (unpaired) electrons. The third-order valence-electron chi connectivity index (χ3n) is 2.77. The van der Waals surface area contributed by atoms with Gasteiger partial charge in [-0.15, -0.1) is 0 Å². The number of rotatable bonds is 4. The smallest absolute Gasteiger partial charge is 0.320 e. The van der Waals surface area contributed by atoms with Crippen LogP contribution >= 0.6 is 8.46 Å². The number of nitrogens with two attached hydrogens (primary N) is 2. The molecule has 1 aliphatic rings. The van der Waals surface area contributed by atoms with Gasteiger partial charge in [0.25, 0.3) is 5.91 Å². The van der Waals surface area contributed by atoms with Crippen molar-refractivity contribution < 1.29 is 19.3 Å². The van der Waals surface area contributed by atoms with Gasteiger partial charge in [0, 0.05) is 12.6 Å². The molecule has 0 spiro atoms. The minimum atomic E-state index is -1.71. The molecule has 3 atom stereocenters. The van der Waals surface area contributed by atoms with Crippen molar-refractivity contribution in [1.82, 2.24) is 10.3 Å². The van der Waals surface area contributed by atoms with Crippen molar-refractivity contribution in [3.8, 4) is 0 Å². The van der Waals surface area contributed by atoms with E-state index in [9.17, 15) is 14.2 Å². The summed E-state index contributed by atoms with van der Waals surface area (Å²) < 4.78 is 11.1. The Bertz CT molecular complexity index is 352. The second-order valence-electron chi connectivity index (χ2n) is 3.98. The summed E-state index contributed by atoms with van der Waals surface area (Å²) in [5.41, 5.74) is 5.73. The number of carboxylic acids is 1. The van der Waals surface area contributed by atoms with E-state index in [0.29, 0.717) is 6.42 Å². The van der Waals surface area contributed by atoms with E-state index in [1.54, 1.807) is 0 Å². The van der Waals surface area contributed by atoms with Crippen LogP contribution in [-0.2, 0) is 14.2 Å². The van der Waals surface area contributed by atoms with Crippen LogP contribution in [0.15, 0.2) is 0 Å². The second kappa shape index (κ2) is 5.05. The molecule has 17 heavy (non-hydrogen) atoms. The Balaban J connectivity index is 2.87. The Kier molecular flexibility index (Phi) is 4.16. The number of hydrogen-bond donors (Lipinski definition) is 4. The van der Waals surface area contributed by atoms with Crippen molar-refractivity contribution in [2.75, 3.05) is 6.54 Å². The summed E-state index contributed by atoms with van der Waals surface area (Å²) in [5.74, 6) is 3.66. The molecule has 1 saturated heterocycles.